The fourth-order valence-corrected chi connectivity index (χ4v) is 2.85. The van der Waals surface area contributed by atoms with Crippen molar-refractivity contribution < 1.29 is 31.2 Å². The molecule has 2 heterocycles. The van der Waals surface area contributed by atoms with Gasteiger partial charge in [-0.25, -0.2) is 9.95 Å². The topological polar surface area (TPSA) is 108 Å². The van der Waals surface area contributed by atoms with Crippen molar-refractivity contribution in [3.8, 4) is 0 Å². The summed E-state index contributed by atoms with van der Waals surface area (Å²) in [4.78, 5) is 38.4. The quantitative estimate of drug-likeness (QED) is 0.450. The second-order valence-electron chi connectivity index (χ2n) is 6.55. The van der Waals surface area contributed by atoms with E-state index in [-0.39, 0.29) is 57.8 Å². The summed E-state index contributed by atoms with van der Waals surface area (Å²) >= 11 is 0. The Balaban J connectivity index is 0.00000261. The van der Waals surface area contributed by atoms with E-state index in [1.54, 1.807) is 18.2 Å². The molecular formula is C18H20CuN4O4+2. The van der Waals surface area contributed by atoms with Crippen LogP contribution in [-0.2, 0) is 17.1 Å². The Morgan fingerprint density at radius 2 is 1.81 bits per heavy atom. The predicted molar refractivity (Wildman–Crippen MR) is 94.3 cm³/mol. The average Bonchev–Trinajstić information content (AvgIpc) is 3.11. The van der Waals surface area contributed by atoms with Crippen LogP contribution in [0.4, 0.5) is 11.4 Å². The molecule has 0 aliphatic carbocycles. The number of carbonyl (C=O) groups excluding carboxylic acids is 2. The fraction of sp³-hybridized carbons (Fsp3) is 0.389. The van der Waals surface area contributed by atoms with Gasteiger partial charge in [0.2, 0.25) is 0 Å². The molecule has 1 aliphatic rings. The van der Waals surface area contributed by atoms with E-state index in [0.29, 0.717) is 17.7 Å². The minimum atomic E-state index is -0.631. The molecule has 1 aromatic carbocycles. The zero-order chi connectivity index (χ0) is 19.0. The number of H-pyrrole nitrogens is 1. The summed E-state index contributed by atoms with van der Waals surface area (Å²) in [5, 5.41) is 10.6. The molecule has 1 aromatic heterocycles. The zero-order valence-electron chi connectivity index (χ0n) is 15.4. The Hall–Kier alpha value is -2.51. The molecule has 3 rings (SSSR count). The van der Waals surface area contributed by atoms with Crippen LogP contribution in [0.3, 0.4) is 0 Å². The van der Waals surface area contributed by atoms with E-state index >= 15 is 0 Å². The van der Waals surface area contributed by atoms with Gasteiger partial charge in [-0.15, -0.1) is 10.2 Å². The van der Waals surface area contributed by atoms with Crippen LogP contribution < -0.4 is 5.63 Å². The maximum Gasteiger partial charge on any atom is 2.00 e. The van der Waals surface area contributed by atoms with Gasteiger partial charge in [-0.1, -0.05) is 26.8 Å². The van der Waals surface area contributed by atoms with Crippen LogP contribution >= 0.6 is 0 Å². The number of azo groups is 1. The van der Waals surface area contributed by atoms with E-state index in [0.717, 1.165) is 0 Å². The second-order valence-corrected chi connectivity index (χ2v) is 6.55. The van der Waals surface area contributed by atoms with Gasteiger partial charge in [0.1, 0.15) is 0 Å². The Bertz CT molecular complexity index is 961. The van der Waals surface area contributed by atoms with Gasteiger partial charge < -0.3 is 4.52 Å². The van der Waals surface area contributed by atoms with Gasteiger partial charge >= 0.3 is 22.7 Å². The minimum Gasteiger partial charge on any atom is -0.336 e. The largest absolute Gasteiger partial charge is 2.00 e. The van der Waals surface area contributed by atoms with Crippen LogP contribution in [-0.4, -0.2) is 27.9 Å². The van der Waals surface area contributed by atoms with Crippen molar-refractivity contribution in [2.45, 2.75) is 46.1 Å². The van der Waals surface area contributed by atoms with Gasteiger partial charge in [0.15, 0.2) is 5.69 Å². The normalized spacial score (nSPS) is 14.8. The molecule has 0 saturated heterocycles. The first-order valence-corrected chi connectivity index (χ1v) is 8.50. The first kappa shape index (κ1) is 20.8. The summed E-state index contributed by atoms with van der Waals surface area (Å²) in [6.07, 6.45) is 0.657. The van der Waals surface area contributed by atoms with Gasteiger partial charge in [0, 0.05) is 6.04 Å². The summed E-state index contributed by atoms with van der Waals surface area (Å²) in [5.74, 6) is -0.736. The van der Waals surface area contributed by atoms with Gasteiger partial charge in [0.25, 0.3) is 11.8 Å². The van der Waals surface area contributed by atoms with E-state index in [1.807, 2.05) is 27.7 Å². The molecule has 0 saturated carbocycles. The molecule has 1 N–H and O–H groups in total. The third-order valence-electron chi connectivity index (χ3n) is 4.49. The SMILES string of the molecule is CCC(C)N1C(=O)c2cccc(N=Nc3c(C(C)C)[nH]oc3=O)c2C1=O.[Cu+2]. The number of fused-ring (bicyclic) bond motifs is 1. The smallest absolute Gasteiger partial charge is 0.336 e. The first-order chi connectivity index (χ1) is 12.4. The molecule has 1 radical (unpaired) electrons. The van der Waals surface area contributed by atoms with Crippen LogP contribution in [0.5, 0.6) is 0 Å². The number of rotatable bonds is 5. The van der Waals surface area contributed by atoms with Crippen molar-refractivity contribution >= 4 is 23.2 Å². The van der Waals surface area contributed by atoms with Crippen molar-refractivity contribution in [1.82, 2.24) is 10.1 Å². The fourth-order valence-electron chi connectivity index (χ4n) is 2.85. The number of nitrogens with zero attached hydrogens (tertiary/aromatic N) is 3. The first-order valence-electron chi connectivity index (χ1n) is 8.50. The molecule has 8 nitrogen and oxygen atoms in total. The van der Waals surface area contributed by atoms with E-state index in [4.69, 9.17) is 4.52 Å². The van der Waals surface area contributed by atoms with Crippen LogP contribution in [0.15, 0.2) is 37.7 Å². The molecule has 1 aliphatic heterocycles. The summed E-state index contributed by atoms with van der Waals surface area (Å²) in [6.45, 7) is 7.49. The Morgan fingerprint density at radius 3 is 2.44 bits per heavy atom. The second kappa shape index (κ2) is 8.02. The van der Waals surface area contributed by atoms with Gasteiger partial charge in [-0.05, 0) is 31.4 Å². The number of imide groups is 1. The number of hydrogen-bond acceptors (Lipinski definition) is 6. The number of nitrogens with one attached hydrogen (secondary N) is 1. The van der Waals surface area contributed by atoms with Gasteiger partial charge in [0.05, 0.1) is 22.5 Å². The molecule has 1 unspecified atom stereocenters. The van der Waals surface area contributed by atoms with Crippen LogP contribution in [0.2, 0.25) is 0 Å². The van der Waals surface area contributed by atoms with E-state index in [1.165, 1.54) is 4.90 Å². The molecule has 1 atom stereocenters. The summed E-state index contributed by atoms with van der Waals surface area (Å²) in [6, 6.07) is 4.62. The summed E-state index contributed by atoms with van der Waals surface area (Å²) < 4.78 is 4.78. The standard InChI is InChI=1S/C18H20N4O4.Cu/c1-5-10(4)22-16(23)11-7-6-8-12(13(11)17(22)24)19-20-15-14(9(2)3)21-26-18(15)25;/h6-10,21H,5H2,1-4H3;/q;+2. The van der Waals surface area contributed by atoms with Crippen LogP contribution in [0.25, 0.3) is 0 Å². The third-order valence-corrected chi connectivity index (χ3v) is 4.49. The average molecular weight is 420 g/mol. The Kier molecular flexibility index (Phi) is 6.18. The monoisotopic (exact) mass is 419 g/mol. The van der Waals surface area contributed by atoms with Gasteiger partial charge in [-0.2, -0.15) is 0 Å². The van der Waals surface area contributed by atoms with Crippen LogP contribution in [0, 0.1) is 0 Å². The van der Waals surface area contributed by atoms with Crippen molar-refractivity contribution in [2.75, 3.05) is 0 Å². The van der Waals surface area contributed by atoms with Gasteiger partial charge in [-0.3, -0.25) is 14.5 Å². The molecule has 9 heteroatoms. The number of aromatic nitrogens is 1. The maximum absolute atomic E-state index is 12.7. The van der Waals surface area contributed by atoms with Crippen molar-refractivity contribution in [2.24, 2.45) is 10.2 Å². The maximum atomic E-state index is 12.7. The van der Waals surface area contributed by atoms with E-state index < -0.39 is 5.63 Å². The third kappa shape index (κ3) is 3.52. The minimum absolute atomic E-state index is 0. The summed E-state index contributed by atoms with van der Waals surface area (Å²) in [7, 11) is 0. The van der Waals surface area contributed by atoms with E-state index in [9.17, 15) is 14.4 Å². The number of carbonyl (C=O) groups is 2. The zero-order valence-corrected chi connectivity index (χ0v) is 16.3. The predicted octanol–water partition coefficient (Wildman–Crippen LogP) is 3.90. The molecule has 27 heavy (non-hydrogen) atoms. The number of aromatic amines is 1. The number of hydrogen-bond donors (Lipinski definition) is 1. The molecule has 2 aromatic rings. The Morgan fingerprint density at radius 1 is 1.11 bits per heavy atom. The molecule has 0 spiro atoms. The molecule has 0 bridgehead atoms. The van der Waals surface area contributed by atoms with Crippen molar-refractivity contribution in [3.63, 3.8) is 0 Å². The number of amides is 2. The van der Waals surface area contributed by atoms with Crippen molar-refractivity contribution in [3.05, 3.63) is 45.4 Å². The summed E-state index contributed by atoms with van der Waals surface area (Å²) in [5.41, 5.74) is 0.725. The van der Waals surface area contributed by atoms with E-state index in [2.05, 4.69) is 15.4 Å². The molecular weight excluding hydrogens is 400 g/mol. The Labute approximate surface area is 166 Å². The van der Waals surface area contributed by atoms with Crippen molar-refractivity contribution in [1.29, 1.82) is 0 Å². The number of benzene rings is 1. The van der Waals surface area contributed by atoms with Crippen LogP contribution in [0.1, 0.15) is 66.4 Å². The molecule has 2 amide bonds. The molecule has 145 valence electrons. The molecule has 0 fully saturated rings.